The molecule has 3 nitrogen and oxygen atoms in total. The Kier molecular flexibility index (Phi) is 4.22. The molecule has 1 saturated heterocycles. The number of carbonyl (C=O) groups is 1. The van der Waals surface area contributed by atoms with E-state index in [4.69, 9.17) is 5.11 Å². The summed E-state index contributed by atoms with van der Waals surface area (Å²) in [5.41, 5.74) is 0. The molecule has 0 spiro atoms. The van der Waals surface area contributed by atoms with Gasteiger partial charge in [0.2, 0.25) is 0 Å². The van der Waals surface area contributed by atoms with Crippen LogP contribution in [0.3, 0.4) is 0 Å². The van der Waals surface area contributed by atoms with Crippen LogP contribution in [0.5, 0.6) is 0 Å². The third-order valence-electron chi connectivity index (χ3n) is 4.54. The van der Waals surface area contributed by atoms with Gasteiger partial charge in [-0.15, -0.1) is 11.3 Å². The van der Waals surface area contributed by atoms with E-state index in [1.807, 2.05) is 6.07 Å². The Labute approximate surface area is 123 Å². The van der Waals surface area contributed by atoms with Gasteiger partial charge in [-0.1, -0.05) is 6.42 Å². The second-order valence-electron chi connectivity index (χ2n) is 5.85. The minimum atomic E-state index is -0.884. The third kappa shape index (κ3) is 3.13. The number of likely N-dealkylation sites (tertiary alicyclic amines) is 1. The van der Waals surface area contributed by atoms with E-state index in [1.54, 1.807) is 17.4 Å². The van der Waals surface area contributed by atoms with Crippen LogP contribution in [0, 0.1) is 5.92 Å². The Bertz CT molecular complexity index is 508. The lowest BCUT2D eigenvalue weighted by atomic mass is 9.92. The molecule has 2 heterocycles. The molecule has 2 unspecified atom stereocenters. The lowest BCUT2D eigenvalue weighted by Crippen LogP contribution is -2.41. The Morgan fingerprint density at radius 3 is 3.05 bits per heavy atom. The molecule has 0 amide bonds. The van der Waals surface area contributed by atoms with Crippen LogP contribution in [0.15, 0.2) is 18.2 Å². The minimum absolute atomic E-state index is 0.795. The summed E-state index contributed by atoms with van der Waals surface area (Å²) < 4.78 is 0. The van der Waals surface area contributed by atoms with Crippen molar-refractivity contribution >= 4 is 23.4 Å². The van der Waals surface area contributed by atoms with Crippen molar-refractivity contribution in [3.63, 3.8) is 0 Å². The Morgan fingerprint density at radius 2 is 2.20 bits per heavy atom. The summed E-state index contributed by atoms with van der Waals surface area (Å²) in [5, 5.41) is 8.65. The molecule has 2 fully saturated rings. The summed E-state index contributed by atoms with van der Waals surface area (Å²) in [6, 6.07) is 4.96. The van der Waals surface area contributed by atoms with Crippen molar-refractivity contribution in [2.75, 3.05) is 6.54 Å². The Balaban J connectivity index is 1.64. The second kappa shape index (κ2) is 6.10. The predicted molar refractivity (Wildman–Crippen MR) is 81.8 cm³/mol. The first-order valence-corrected chi connectivity index (χ1v) is 8.28. The molecule has 1 saturated carbocycles. The summed E-state index contributed by atoms with van der Waals surface area (Å²) in [4.78, 5) is 15.6. The van der Waals surface area contributed by atoms with Gasteiger partial charge >= 0.3 is 5.97 Å². The number of rotatable bonds is 4. The highest BCUT2D eigenvalue weighted by Crippen LogP contribution is 2.37. The van der Waals surface area contributed by atoms with Crippen LogP contribution in [-0.2, 0) is 11.3 Å². The standard InChI is InChI=1S/C16H21NO2S/c18-16(19)9-8-13-6-7-14(20-13)11-17-10-2-4-12-3-1-5-15(12)17/h6-9,12,15H,1-5,10-11H2,(H,18,19). The first kappa shape index (κ1) is 13.8. The Hall–Kier alpha value is -1.13. The van der Waals surface area contributed by atoms with E-state index in [9.17, 15) is 4.79 Å². The molecule has 1 N–H and O–H groups in total. The highest BCUT2D eigenvalue weighted by Gasteiger charge is 2.34. The fraction of sp³-hybridized carbons (Fsp3) is 0.562. The largest absolute Gasteiger partial charge is 0.478 e. The van der Waals surface area contributed by atoms with Gasteiger partial charge < -0.3 is 5.11 Å². The van der Waals surface area contributed by atoms with Crippen molar-refractivity contribution in [3.05, 3.63) is 28.0 Å². The molecule has 1 aromatic rings. The molecule has 1 aromatic heterocycles. The van der Waals surface area contributed by atoms with Crippen LogP contribution < -0.4 is 0 Å². The number of hydrogen-bond donors (Lipinski definition) is 1. The number of nitrogens with zero attached hydrogens (tertiary/aromatic N) is 1. The van der Waals surface area contributed by atoms with Gasteiger partial charge in [-0.25, -0.2) is 4.79 Å². The molecule has 0 radical (unpaired) electrons. The molecule has 2 aliphatic rings. The van der Waals surface area contributed by atoms with Crippen molar-refractivity contribution in [1.29, 1.82) is 0 Å². The number of hydrogen-bond acceptors (Lipinski definition) is 3. The van der Waals surface area contributed by atoms with Gasteiger partial charge in [0, 0.05) is 28.4 Å². The molecule has 2 atom stereocenters. The molecule has 4 heteroatoms. The van der Waals surface area contributed by atoms with Gasteiger partial charge in [0.15, 0.2) is 0 Å². The van der Waals surface area contributed by atoms with E-state index >= 15 is 0 Å². The zero-order valence-electron chi connectivity index (χ0n) is 11.6. The molecule has 108 valence electrons. The molecule has 1 aliphatic heterocycles. The summed E-state index contributed by atoms with van der Waals surface area (Å²) in [6.07, 6.45) is 9.81. The van der Waals surface area contributed by atoms with Crippen LogP contribution in [0.4, 0.5) is 0 Å². The Morgan fingerprint density at radius 1 is 1.35 bits per heavy atom. The summed E-state index contributed by atoms with van der Waals surface area (Å²) in [7, 11) is 0. The summed E-state index contributed by atoms with van der Waals surface area (Å²) >= 11 is 1.71. The van der Waals surface area contributed by atoms with E-state index in [1.165, 1.54) is 49.6 Å². The minimum Gasteiger partial charge on any atom is -0.478 e. The number of fused-ring (bicyclic) bond motifs is 1. The van der Waals surface area contributed by atoms with Gasteiger partial charge in [0.1, 0.15) is 0 Å². The third-order valence-corrected chi connectivity index (χ3v) is 5.57. The second-order valence-corrected chi connectivity index (χ2v) is 7.05. The smallest absolute Gasteiger partial charge is 0.328 e. The molecule has 20 heavy (non-hydrogen) atoms. The van der Waals surface area contributed by atoms with Crippen molar-refractivity contribution in [2.24, 2.45) is 5.92 Å². The van der Waals surface area contributed by atoms with E-state index in [2.05, 4.69) is 11.0 Å². The predicted octanol–water partition coefficient (Wildman–Crippen LogP) is 3.61. The van der Waals surface area contributed by atoms with Crippen LogP contribution in [0.1, 0.15) is 41.9 Å². The molecule has 3 rings (SSSR count). The van der Waals surface area contributed by atoms with E-state index in [0.717, 1.165) is 23.4 Å². The van der Waals surface area contributed by atoms with Gasteiger partial charge in [-0.05, 0) is 56.4 Å². The number of carboxylic acid groups (broad SMARTS) is 1. The number of piperidine rings is 1. The van der Waals surface area contributed by atoms with Crippen molar-refractivity contribution < 1.29 is 9.90 Å². The topological polar surface area (TPSA) is 40.5 Å². The molecule has 1 aliphatic carbocycles. The van der Waals surface area contributed by atoms with Gasteiger partial charge in [0.05, 0.1) is 0 Å². The number of aliphatic carboxylic acids is 1. The molecular formula is C16H21NO2S. The fourth-order valence-electron chi connectivity index (χ4n) is 3.68. The SMILES string of the molecule is O=C(O)C=Cc1ccc(CN2CCCC3CCCC32)s1. The highest BCUT2D eigenvalue weighted by molar-refractivity contribution is 7.12. The zero-order chi connectivity index (χ0) is 13.9. The molecule has 0 aromatic carbocycles. The fourth-order valence-corrected chi connectivity index (χ4v) is 4.62. The van der Waals surface area contributed by atoms with Crippen molar-refractivity contribution in [1.82, 2.24) is 4.90 Å². The lowest BCUT2D eigenvalue weighted by Gasteiger charge is -2.37. The van der Waals surface area contributed by atoms with Crippen LogP contribution in [0.2, 0.25) is 0 Å². The highest BCUT2D eigenvalue weighted by atomic mass is 32.1. The zero-order valence-corrected chi connectivity index (χ0v) is 12.4. The molecule has 0 bridgehead atoms. The number of carboxylic acids is 1. The monoisotopic (exact) mass is 291 g/mol. The average molecular weight is 291 g/mol. The van der Waals surface area contributed by atoms with E-state index in [0.29, 0.717) is 0 Å². The first-order valence-electron chi connectivity index (χ1n) is 7.46. The number of thiophene rings is 1. The summed E-state index contributed by atoms with van der Waals surface area (Å²) in [5.74, 6) is 0.0415. The summed E-state index contributed by atoms with van der Waals surface area (Å²) in [6.45, 7) is 2.26. The van der Waals surface area contributed by atoms with E-state index in [-0.39, 0.29) is 0 Å². The van der Waals surface area contributed by atoms with Gasteiger partial charge in [0.25, 0.3) is 0 Å². The first-order chi connectivity index (χ1) is 9.72. The maximum absolute atomic E-state index is 10.5. The molecular weight excluding hydrogens is 270 g/mol. The quantitative estimate of drug-likeness (QED) is 0.862. The van der Waals surface area contributed by atoms with Gasteiger partial charge in [-0.2, -0.15) is 0 Å². The van der Waals surface area contributed by atoms with Crippen molar-refractivity contribution in [3.8, 4) is 0 Å². The van der Waals surface area contributed by atoms with Crippen LogP contribution >= 0.6 is 11.3 Å². The maximum Gasteiger partial charge on any atom is 0.328 e. The van der Waals surface area contributed by atoms with Crippen molar-refractivity contribution in [2.45, 2.75) is 44.7 Å². The average Bonchev–Trinajstić information content (AvgIpc) is 3.05. The lowest BCUT2D eigenvalue weighted by molar-refractivity contribution is -0.131. The van der Waals surface area contributed by atoms with Crippen LogP contribution in [-0.4, -0.2) is 28.6 Å². The van der Waals surface area contributed by atoms with Gasteiger partial charge in [-0.3, -0.25) is 4.90 Å². The van der Waals surface area contributed by atoms with E-state index < -0.39 is 5.97 Å². The van der Waals surface area contributed by atoms with Crippen LogP contribution in [0.25, 0.3) is 6.08 Å². The normalized spacial score (nSPS) is 27.0. The maximum atomic E-state index is 10.5.